The molecule has 0 bridgehead atoms. The molecule has 0 aromatic carbocycles. The highest BCUT2D eigenvalue weighted by molar-refractivity contribution is 6.60. The summed E-state index contributed by atoms with van der Waals surface area (Å²) in [6.07, 6.45) is 4.10. The van der Waals surface area contributed by atoms with Crippen LogP contribution in [0.4, 0.5) is 0 Å². The van der Waals surface area contributed by atoms with E-state index in [1.807, 2.05) is 33.8 Å². The molecule has 104 valence electrons. The van der Waals surface area contributed by atoms with Gasteiger partial charge in [-0.3, -0.25) is 0 Å². The molecule has 5 heteroatoms. The van der Waals surface area contributed by atoms with Crippen molar-refractivity contribution in [1.82, 2.24) is 0 Å². The van der Waals surface area contributed by atoms with E-state index < -0.39 is 7.12 Å². The van der Waals surface area contributed by atoms with E-state index in [2.05, 4.69) is 0 Å². The Balaban J connectivity index is 1.77. The van der Waals surface area contributed by atoms with E-state index in [0.29, 0.717) is 0 Å². The molecule has 2 aliphatic rings. The maximum absolute atomic E-state index is 5.97. The molecule has 0 aliphatic carbocycles. The summed E-state index contributed by atoms with van der Waals surface area (Å²) in [6.45, 7) is 8.99. The normalized spacial score (nSPS) is 29.1. The van der Waals surface area contributed by atoms with Gasteiger partial charge in [-0.1, -0.05) is 0 Å². The van der Waals surface area contributed by atoms with Crippen LogP contribution in [0, 0.1) is 0 Å². The minimum absolute atomic E-state index is 0.167. The fraction of sp³-hybridized carbons (Fsp3) is 0.714. The minimum Gasteiger partial charge on any atom is -0.473 e. The highest BCUT2D eigenvalue weighted by Gasteiger charge is 2.53. The first kappa shape index (κ1) is 13.2. The summed E-state index contributed by atoms with van der Waals surface area (Å²) in [7, 11) is -0.430. The van der Waals surface area contributed by atoms with Gasteiger partial charge in [0.25, 0.3) is 0 Å². The summed E-state index contributed by atoms with van der Waals surface area (Å²) < 4.78 is 23.2. The van der Waals surface area contributed by atoms with Crippen LogP contribution >= 0.6 is 0 Å². The lowest BCUT2D eigenvalue weighted by molar-refractivity contribution is 0.00578. The summed E-state index contributed by atoms with van der Waals surface area (Å²) in [5.41, 5.74) is 1.13. The Morgan fingerprint density at radius 1 is 1.16 bits per heavy atom. The van der Waals surface area contributed by atoms with Gasteiger partial charge in [-0.2, -0.15) is 0 Å². The molecular formula is C14H21BO4. The quantitative estimate of drug-likeness (QED) is 0.769. The average Bonchev–Trinajstić information content (AvgIpc) is 3.00. The zero-order valence-corrected chi connectivity index (χ0v) is 12.1. The monoisotopic (exact) mass is 264 g/mol. The number of rotatable bonds is 2. The molecule has 19 heavy (non-hydrogen) atoms. The first-order valence-electron chi connectivity index (χ1n) is 6.95. The molecule has 1 aromatic rings. The minimum atomic E-state index is -0.430. The van der Waals surface area contributed by atoms with Gasteiger partial charge in [0.15, 0.2) is 0 Å². The number of hydrogen-bond acceptors (Lipinski definition) is 4. The predicted molar refractivity (Wildman–Crippen MR) is 72.4 cm³/mol. The zero-order chi connectivity index (χ0) is 13.7. The van der Waals surface area contributed by atoms with Gasteiger partial charge in [-0.05, 0) is 46.6 Å². The summed E-state index contributed by atoms with van der Waals surface area (Å²) in [6, 6.07) is 2.00. The highest BCUT2D eigenvalue weighted by atomic mass is 16.7. The second-order valence-electron chi connectivity index (χ2n) is 6.37. The highest BCUT2D eigenvalue weighted by Crippen LogP contribution is 2.37. The van der Waals surface area contributed by atoms with Gasteiger partial charge in [0.2, 0.25) is 0 Å². The first-order valence-corrected chi connectivity index (χ1v) is 6.95. The van der Waals surface area contributed by atoms with E-state index in [9.17, 15) is 0 Å². The molecular weight excluding hydrogens is 243 g/mol. The number of hydrogen-bond donors (Lipinski definition) is 0. The van der Waals surface area contributed by atoms with E-state index in [-0.39, 0.29) is 17.3 Å². The molecule has 0 radical (unpaired) electrons. The molecule has 3 rings (SSSR count). The van der Waals surface area contributed by atoms with Crippen molar-refractivity contribution in [3.8, 4) is 0 Å². The third kappa shape index (κ3) is 2.24. The van der Waals surface area contributed by atoms with Crippen molar-refractivity contribution >= 4 is 12.8 Å². The molecule has 2 saturated heterocycles. The maximum atomic E-state index is 5.97. The van der Waals surface area contributed by atoms with Crippen LogP contribution in [0.2, 0.25) is 0 Å². The summed E-state index contributed by atoms with van der Waals surface area (Å²) in [5, 5.41) is 0. The van der Waals surface area contributed by atoms with Crippen LogP contribution in [-0.2, 0) is 14.0 Å². The molecule has 0 saturated carbocycles. The van der Waals surface area contributed by atoms with Crippen molar-refractivity contribution < 1.29 is 18.5 Å². The fourth-order valence-electron chi connectivity index (χ4n) is 2.46. The summed E-state index contributed by atoms with van der Waals surface area (Å²) >= 11 is 0. The van der Waals surface area contributed by atoms with Gasteiger partial charge in [-0.15, -0.1) is 0 Å². The van der Waals surface area contributed by atoms with Crippen LogP contribution < -0.4 is 5.66 Å². The van der Waals surface area contributed by atoms with Gasteiger partial charge in [0.1, 0.15) is 5.66 Å². The first-order chi connectivity index (χ1) is 8.89. The van der Waals surface area contributed by atoms with Crippen LogP contribution in [0.3, 0.4) is 0 Å². The lowest BCUT2D eigenvalue weighted by atomic mass is 9.85. The Bertz CT molecular complexity index is 444. The lowest BCUT2D eigenvalue weighted by Crippen LogP contribution is -2.41. The van der Waals surface area contributed by atoms with E-state index in [0.717, 1.165) is 30.7 Å². The Morgan fingerprint density at radius 3 is 2.42 bits per heavy atom. The van der Waals surface area contributed by atoms with E-state index in [4.69, 9.17) is 18.5 Å². The Labute approximate surface area is 114 Å². The van der Waals surface area contributed by atoms with Crippen LogP contribution in [0.1, 0.15) is 52.2 Å². The van der Waals surface area contributed by atoms with E-state index >= 15 is 0 Å². The van der Waals surface area contributed by atoms with Gasteiger partial charge >= 0.3 is 7.12 Å². The topological polar surface area (TPSA) is 40.8 Å². The Hall–Kier alpha value is -0.775. The second-order valence-corrected chi connectivity index (χ2v) is 6.37. The maximum Gasteiger partial charge on any atom is 0.532 e. The summed E-state index contributed by atoms with van der Waals surface area (Å²) in [4.78, 5) is 0. The van der Waals surface area contributed by atoms with Gasteiger partial charge in [0, 0.05) is 12.2 Å². The Morgan fingerprint density at radius 2 is 1.84 bits per heavy atom. The van der Waals surface area contributed by atoms with E-state index in [1.165, 1.54) is 0 Å². The Kier molecular flexibility index (Phi) is 3.04. The van der Waals surface area contributed by atoms with Crippen molar-refractivity contribution in [3.63, 3.8) is 0 Å². The standard InChI is InChI=1S/C14H21BO4/c1-13(2)14(3,4)19-15(18-13)12-8-10(9-17-12)11-6-5-7-16-11/h8-9,11H,5-7H2,1-4H3. The molecule has 4 nitrogen and oxygen atoms in total. The van der Waals surface area contributed by atoms with Gasteiger partial charge in [-0.25, -0.2) is 0 Å². The molecule has 1 atom stereocenters. The van der Waals surface area contributed by atoms with Crippen LogP contribution in [0.25, 0.3) is 0 Å². The molecule has 1 aromatic heterocycles. The summed E-state index contributed by atoms with van der Waals surface area (Å²) in [5.74, 6) is 0. The molecule has 0 amide bonds. The molecule has 0 N–H and O–H groups in total. The molecule has 2 fully saturated rings. The van der Waals surface area contributed by atoms with Gasteiger partial charge < -0.3 is 18.5 Å². The van der Waals surface area contributed by atoms with Crippen molar-refractivity contribution in [1.29, 1.82) is 0 Å². The zero-order valence-electron chi connectivity index (χ0n) is 12.1. The average molecular weight is 264 g/mol. The molecule has 1 unspecified atom stereocenters. The molecule has 2 aliphatic heterocycles. The lowest BCUT2D eigenvalue weighted by Gasteiger charge is -2.32. The number of ether oxygens (including phenoxy) is 1. The van der Waals surface area contributed by atoms with Crippen molar-refractivity contribution in [2.24, 2.45) is 0 Å². The third-order valence-corrected chi connectivity index (χ3v) is 4.43. The van der Waals surface area contributed by atoms with Crippen molar-refractivity contribution in [3.05, 3.63) is 17.9 Å². The second kappa shape index (κ2) is 4.37. The predicted octanol–water partition coefficient (Wildman–Crippen LogP) is 2.43. The van der Waals surface area contributed by atoms with Crippen molar-refractivity contribution in [2.75, 3.05) is 6.61 Å². The third-order valence-electron chi connectivity index (χ3n) is 4.43. The largest absolute Gasteiger partial charge is 0.532 e. The smallest absolute Gasteiger partial charge is 0.473 e. The van der Waals surface area contributed by atoms with Gasteiger partial charge in [0.05, 0.1) is 23.6 Å². The fourth-order valence-corrected chi connectivity index (χ4v) is 2.46. The van der Waals surface area contributed by atoms with Crippen LogP contribution in [0.15, 0.2) is 16.7 Å². The molecule has 0 spiro atoms. The van der Waals surface area contributed by atoms with Crippen LogP contribution in [0.5, 0.6) is 0 Å². The SMILES string of the molecule is CC1(C)OB(c2cc(C3CCCO3)co2)OC1(C)C. The van der Waals surface area contributed by atoms with Crippen molar-refractivity contribution in [2.45, 2.75) is 57.8 Å². The number of furan rings is 1. The van der Waals surface area contributed by atoms with E-state index in [1.54, 1.807) is 6.26 Å². The molecule has 3 heterocycles. The van der Waals surface area contributed by atoms with Crippen LogP contribution in [-0.4, -0.2) is 24.9 Å².